The molecule has 2 aromatic rings. The van der Waals surface area contributed by atoms with E-state index in [1.807, 2.05) is 0 Å². The second-order valence-electron chi connectivity index (χ2n) is 5.53. The molecule has 6 nitrogen and oxygen atoms in total. The van der Waals surface area contributed by atoms with Gasteiger partial charge in [0.15, 0.2) is 0 Å². The van der Waals surface area contributed by atoms with E-state index >= 15 is 0 Å². The summed E-state index contributed by atoms with van der Waals surface area (Å²) in [7, 11) is 3.27. The highest BCUT2D eigenvalue weighted by molar-refractivity contribution is 7.11. The van der Waals surface area contributed by atoms with Gasteiger partial charge in [0, 0.05) is 25.0 Å². The van der Waals surface area contributed by atoms with Gasteiger partial charge in [-0.1, -0.05) is 0 Å². The van der Waals surface area contributed by atoms with E-state index in [-0.39, 0.29) is 17.2 Å². The van der Waals surface area contributed by atoms with Gasteiger partial charge < -0.3 is 4.90 Å². The van der Waals surface area contributed by atoms with Crippen LogP contribution in [0.1, 0.15) is 38.9 Å². The van der Waals surface area contributed by atoms with Gasteiger partial charge in [-0.2, -0.15) is 5.10 Å². The summed E-state index contributed by atoms with van der Waals surface area (Å²) in [6.07, 6.45) is 4.58. The van der Waals surface area contributed by atoms with E-state index in [1.54, 1.807) is 23.3 Å². The zero-order valence-corrected chi connectivity index (χ0v) is 13.5. The molecule has 0 fully saturated rings. The van der Waals surface area contributed by atoms with Crippen molar-refractivity contribution >= 4 is 17.2 Å². The Morgan fingerprint density at radius 2 is 2.14 bits per heavy atom. The van der Waals surface area contributed by atoms with Gasteiger partial charge >= 0.3 is 0 Å². The molecule has 0 unspecified atom stereocenters. The number of rotatable bonds is 3. The summed E-state index contributed by atoms with van der Waals surface area (Å²) in [5, 5.41) is 4.96. The summed E-state index contributed by atoms with van der Waals surface area (Å²) in [5.74, 6) is -0.205. The predicted octanol–water partition coefficient (Wildman–Crippen LogP) is 1.39. The highest BCUT2D eigenvalue weighted by Crippen LogP contribution is 2.27. The van der Waals surface area contributed by atoms with Crippen LogP contribution in [0, 0.1) is 0 Å². The van der Waals surface area contributed by atoms with Gasteiger partial charge in [0.1, 0.15) is 10.7 Å². The molecular formula is C15H18N4O2S. The first-order chi connectivity index (χ1) is 10.5. The highest BCUT2D eigenvalue weighted by atomic mass is 32.1. The number of carbonyl (C=O) groups excluding carboxylic acids is 1. The van der Waals surface area contributed by atoms with E-state index in [2.05, 4.69) is 10.1 Å². The molecule has 0 N–H and O–H groups in total. The molecule has 0 aromatic carbocycles. The number of fused-ring (bicyclic) bond motifs is 1. The van der Waals surface area contributed by atoms with Crippen molar-refractivity contribution in [2.75, 3.05) is 7.05 Å². The third-order valence-electron chi connectivity index (χ3n) is 3.79. The lowest BCUT2D eigenvalue weighted by molar-refractivity contribution is 0.0776. The summed E-state index contributed by atoms with van der Waals surface area (Å²) in [4.78, 5) is 31.3. The number of nitrogens with zero attached hydrogens (tertiary/aromatic N) is 4. The maximum atomic E-state index is 12.4. The maximum absolute atomic E-state index is 12.4. The average Bonchev–Trinajstić information content (AvgIpc) is 2.91. The molecule has 2 aromatic heterocycles. The second-order valence-corrected chi connectivity index (χ2v) is 6.69. The predicted molar refractivity (Wildman–Crippen MR) is 84.0 cm³/mol. The van der Waals surface area contributed by atoms with E-state index < -0.39 is 0 Å². The van der Waals surface area contributed by atoms with Crippen LogP contribution in [0.25, 0.3) is 0 Å². The van der Waals surface area contributed by atoms with Crippen molar-refractivity contribution in [1.82, 2.24) is 19.7 Å². The SMILES string of the molecule is CN(Cc1nc2c(s1)CCCC2)C(=O)c1ccc(=O)n(C)n1. The Morgan fingerprint density at radius 3 is 2.86 bits per heavy atom. The number of carbonyl (C=O) groups is 1. The van der Waals surface area contributed by atoms with Gasteiger partial charge in [0.05, 0.1) is 12.2 Å². The van der Waals surface area contributed by atoms with Gasteiger partial charge in [-0.15, -0.1) is 11.3 Å². The van der Waals surface area contributed by atoms with E-state index in [9.17, 15) is 9.59 Å². The summed E-state index contributed by atoms with van der Waals surface area (Å²) in [6, 6.07) is 2.82. The van der Waals surface area contributed by atoms with Crippen LogP contribution >= 0.6 is 11.3 Å². The zero-order chi connectivity index (χ0) is 15.7. The van der Waals surface area contributed by atoms with Crippen LogP contribution in [-0.2, 0) is 26.4 Å². The fourth-order valence-corrected chi connectivity index (χ4v) is 3.77. The molecule has 1 aliphatic rings. The van der Waals surface area contributed by atoms with Gasteiger partial charge in [-0.3, -0.25) is 9.59 Å². The summed E-state index contributed by atoms with van der Waals surface area (Å²) < 4.78 is 1.17. The van der Waals surface area contributed by atoms with Crippen molar-refractivity contribution in [2.24, 2.45) is 7.05 Å². The van der Waals surface area contributed by atoms with Crippen molar-refractivity contribution in [1.29, 1.82) is 0 Å². The summed E-state index contributed by atoms with van der Waals surface area (Å²) >= 11 is 1.70. The standard InChI is InChI=1S/C15H18N4O2S/c1-18(15(21)11-7-8-14(20)19(2)17-11)9-13-16-10-5-3-4-6-12(10)22-13/h7-8H,3-6,9H2,1-2H3. The minimum absolute atomic E-state index is 0.205. The molecule has 0 bridgehead atoms. The quantitative estimate of drug-likeness (QED) is 0.857. The Hall–Kier alpha value is -2.02. The Bertz CT molecular complexity index is 742. The highest BCUT2D eigenvalue weighted by Gasteiger charge is 2.19. The molecule has 1 aliphatic carbocycles. The minimum Gasteiger partial charge on any atom is -0.334 e. The molecule has 0 aliphatic heterocycles. The number of thiazole rings is 1. The first kappa shape index (κ1) is 14.9. The minimum atomic E-state index is -0.230. The topological polar surface area (TPSA) is 68.1 Å². The number of aryl methyl sites for hydroxylation is 3. The number of amides is 1. The lowest BCUT2D eigenvalue weighted by Gasteiger charge is -2.15. The molecule has 0 radical (unpaired) electrons. The smallest absolute Gasteiger partial charge is 0.274 e. The van der Waals surface area contributed by atoms with E-state index in [0.717, 1.165) is 17.8 Å². The Balaban J connectivity index is 1.74. The Kier molecular flexibility index (Phi) is 4.06. The third-order valence-corrected chi connectivity index (χ3v) is 4.93. The van der Waals surface area contributed by atoms with Gasteiger partial charge in [-0.25, -0.2) is 9.67 Å². The van der Waals surface area contributed by atoms with Crippen LogP contribution in [0.2, 0.25) is 0 Å². The largest absolute Gasteiger partial charge is 0.334 e. The molecule has 0 spiro atoms. The molecule has 1 amide bonds. The van der Waals surface area contributed by atoms with Crippen molar-refractivity contribution in [2.45, 2.75) is 32.2 Å². The molecule has 116 valence electrons. The Labute approximate surface area is 132 Å². The van der Waals surface area contributed by atoms with E-state index in [0.29, 0.717) is 6.54 Å². The molecule has 22 heavy (non-hydrogen) atoms. The number of hydrogen-bond acceptors (Lipinski definition) is 5. The lowest BCUT2D eigenvalue weighted by atomic mass is 10.0. The molecule has 0 saturated heterocycles. The number of aromatic nitrogens is 3. The third kappa shape index (κ3) is 2.94. The van der Waals surface area contributed by atoms with Crippen molar-refractivity contribution in [3.8, 4) is 0 Å². The molecule has 3 rings (SSSR count). The van der Waals surface area contributed by atoms with Crippen molar-refractivity contribution < 1.29 is 4.79 Å². The van der Waals surface area contributed by atoms with Crippen LogP contribution in [0.3, 0.4) is 0 Å². The maximum Gasteiger partial charge on any atom is 0.274 e. The molecule has 2 heterocycles. The Morgan fingerprint density at radius 1 is 1.36 bits per heavy atom. The summed E-state index contributed by atoms with van der Waals surface area (Å²) in [5.41, 5.74) is 1.24. The first-order valence-electron chi connectivity index (χ1n) is 7.32. The van der Waals surface area contributed by atoms with E-state index in [4.69, 9.17) is 0 Å². The average molecular weight is 318 g/mol. The second kappa shape index (κ2) is 6.00. The van der Waals surface area contributed by atoms with E-state index in [1.165, 1.54) is 47.3 Å². The van der Waals surface area contributed by atoms with Crippen LogP contribution in [0.15, 0.2) is 16.9 Å². The van der Waals surface area contributed by atoms with Crippen LogP contribution < -0.4 is 5.56 Å². The normalized spacial score (nSPS) is 13.7. The number of hydrogen-bond donors (Lipinski definition) is 0. The molecule has 0 atom stereocenters. The van der Waals surface area contributed by atoms with Crippen molar-refractivity contribution in [3.05, 3.63) is 43.8 Å². The lowest BCUT2D eigenvalue weighted by Crippen LogP contribution is -2.30. The molecule has 0 saturated carbocycles. The fourth-order valence-electron chi connectivity index (χ4n) is 2.56. The summed E-state index contributed by atoms with van der Waals surface area (Å²) in [6.45, 7) is 0.473. The van der Waals surface area contributed by atoms with Gasteiger partial charge in [-0.05, 0) is 31.7 Å². The van der Waals surface area contributed by atoms with Crippen LogP contribution in [-0.4, -0.2) is 32.6 Å². The zero-order valence-electron chi connectivity index (χ0n) is 12.7. The monoisotopic (exact) mass is 318 g/mol. The van der Waals surface area contributed by atoms with Crippen molar-refractivity contribution in [3.63, 3.8) is 0 Å². The van der Waals surface area contributed by atoms with Gasteiger partial charge in [0.2, 0.25) is 0 Å². The fraction of sp³-hybridized carbons (Fsp3) is 0.467. The molecule has 7 heteroatoms. The van der Waals surface area contributed by atoms with Crippen LogP contribution in [0.5, 0.6) is 0 Å². The molecular weight excluding hydrogens is 300 g/mol. The van der Waals surface area contributed by atoms with Crippen LogP contribution in [0.4, 0.5) is 0 Å². The first-order valence-corrected chi connectivity index (χ1v) is 8.13. The van der Waals surface area contributed by atoms with Gasteiger partial charge in [0.25, 0.3) is 11.5 Å².